The maximum atomic E-state index is 12.4. The smallest absolute Gasteiger partial charge is 0.259 e. The first-order valence-corrected chi connectivity index (χ1v) is 6.33. The maximum absolute atomic E-state index is 12.4. The zero-order valence-corrected chi connectivity index (χ0v) is 11.7. The van der Waals surface area contributed by atoms with Gasteiger partial charge < -0.3 is 10.6 Å². The van der Waals surface area contributed by atoms with Crippen molar-refractivity contribution in [1.29, 1.82) is 0 Å². The highest BCUT2D eigenvalue weighted by Crippen LogP contribution is 2.24. The lowest BCUT2D eigenvalue weighted by atomic mass is 10.2. The molecule has 2 rings (SSSR count). The minimum Gasteiger partial charge on any atom is -0.399 e. The summed E-state index contributed by atoms with van der Waals surface area (Å²) in [5.41, 5.74) is 7.36. The Morgan fingerprint density at radius 3 is 2.37 bits per heavy atom. The van der Waals surface area contributed by atoms with Gasteiger partial charge >= 0.3 is 0 Å². The van der Waals surface area contributed by atoms with E-state index >= 15 is 0 Å². The van der Waals surface area contributed by atoms with E-state index < -0.39 is 0 Å². The number of carbonyl (C=O) groups excluding carboxylic acids is 1. The molecule has 0 aromatic heterocycles. The zero-order valence-electron chi connectivity index (χ0n) is 10.2. The minimum absolute atomic E-state index is 0.225. The normalized spacial score (nSPS) is 10.3. The molecule has 2 N–H and O–H groups in total. The van der Waals surface area contributed by atoms with Crippen LogP contribution in [0, 0.1) is 0 Å². The number of hydrogen-bond acceptors (Lipinski definition) is 2. The molecule has 98 valence electrons. The lowest BCUT2D eigenvalue weighted by Crippen LogP contribution is -2.26. The monoisotopic (exact) mass is 294 g/mol. The molecule has 0 saturated heterocycles. The van der Waals surface area contributed by atoms with E-state index in [0.29, 0.717) is 21.3 Å². The SMILES string of the molecule is CN(C(=O)c1cc(Cl)ccc1Cl)c1ccc(N)cc1. The molecule has 0 aliphatic heterocycles. The Morgan fingerprint density at radius 2 is 1.74 bits per heavy atom. The van der Waals surface area contributed by atoms with Crippen molar-refractivity contribution in [2.75, 3.05) is 17.7 Å². The van der Waals surface area contributed by atoms with Gasteiger partial charge in [0.1, 0.15) is 0 Å². The highest BCUT2D eigenvalue weighted by atomic mass is 35.5. The Hall–Kier alpha value is -1.71. The van der Waals surface area contributed by atoms with Gasteiger partial charge in [0.2, 0.25) is 0 Å². The summed E-state index contributed by atoms with van der Waals surface area (Å²) in [4.78, 5) is 13.9. The Balaban J connectivity index is 2.33. The van der Waals surface area contributed by atoms with E-state index in [2.05, 4.69) is 0 Å². The number of nitrogens with two attached hydrogens (primary N) is 1. The summed E-state index contributed by atoms with van der Waals surface area (Å²) in [6.07, 6.45) is 0. The van der Waals surface area contributed by atoms with Crippen molar-refractivity contribution in [3.63, 3.8) is 0 Å². The molecule has 0 radical (unpaired) electrons. The fourth-order valence-electron chi connectivity index (χ4n) is 1.66. The minimum atomic E-state index is -0.225. The number of rotatable bonds is 2. The van der Waals surface area contributed by atoms with Crippen LogP contribution in [0.1, 0.15) is 10.4 Å². The molecule has 19 heavy (non-hydrogen) atoms. The largest absolute Gasteiger partial charge is 0.399 e. The van der Waals surface area contributed by atoms with Crippen molar-refractivity contribution < 1.29 is 4.79 Å². The van der Waals surface area contributed by atoms with Crippen molar-refractivity contribution in [3.05, 3.63) is 58.1 Å². The van der Waals surface area contributed by atoms with Crippen LogP contribution >= 0.6 is 23.2 Å². The van der Waals surface area contributed by atoms with Gasteiger partial charge in [0.25, 0.3) is 5.91 Å². The number of nitrogen functional groups attached to an aromatic ring is 1. The maximum Gasteiger partial charge on any atom is 0.259 e. The van der Waals surface area contributed by atoms with Gasteiger partial charge in [-0.1, -0.05) is 23.2 Å². The van der Waals surface area contributed by atoms with E-state index in [1.807, 2.05) is 0 Å². The molecule has 0 spiro atoms. The highest BCUT2D eigenvalue weighted by molar-refractivity contribution is 6.36. The second-order valence-corrected chi connectivity index (χ2v) is 4.92. The summed E-state index contributed by atoms with van der Waals surface area (Å²) in [5, 5.41) is 0.843. The summed E-state index contributed by atoms with van der Waals surface area (Å²) >= 11 is 11.9. The van der Waals surface area contributed by atoms with Gasteiger partial charge in [-0.05, 0) is 42.5 Å². The van der Waals surface area contributed by atoms with E-state index in [1.54, 1.807) is 49.5 Å². The van der Waals surface area contributed by atoms with Crippen LogP contribution in [0.25, 0.3) is 0 Å². The standard InChI is InChI=1S/C14H12Cl2N2O/c1-18(11-5-3-10(17)4-6-11)14(19)12-8-9(15)2-7-13(12)16/h2-8H,17H2,1H3. The highest BCUT2D eigenvalue weighted by Gasteiger charge is 2.16. The molecule has 0 bridgehead atoms. The van der Waals surface area contributed by atoms with E-state index in [9.17, 15) is 4.79 Å². The predicted octanol–water partition coefficient (Wildman–Crippen LogP) is 3.85. The molecule has 0 saturated carbocycles. The molecular weight excluding hydrogens is 283 g/mol. The van der Waals surface area contributed by atoms with Gasteiger partial charge in [-0.2, -0.15) is 0 Å². The van der Waals surface area contributed by atoms with Gasteiger partial charge in [0, 0.05) is 23.4 Å². The lowest BCUT2D eigenvalue weighted by Gasteiger charge is -2.18. The van der Waals surface area contributed by atoms with Crippen LogP contribution in [0.4, 0.5) is 11.4 Å². The fourth-order valence-corrected chi connectivity index (χ4v) is 2.03. The molecular formula is C14H12Cl2N2O. The van der Waals surface area contributed by atoms with Gasteiger partial charge in [-0.3, -0.25) is 4.79 Å². The third-order valence-corrected chi connectivity index (χ3v) is 3.31. The predicted molar refractivity (Wildman–Crippen MR) is 80.0 cm³/mol. The quantitative estimate of drug-likeness (QED) is 0.855. The van der Waals surface area contributed by atoms with E-state index in [0.717, 1.165) is 5.69 Å². The Morgan fingerprint density at radius 1 is 1.11 bits per heavy atom. The van der Waals surface area contributed by atoms with Gasteiger partial charge in [-0.25, -0.2) is 0 Å². The lowest BCUT2D eigenvalue weighted by molar-refractivity contribution is 0.0993. The number of carbonyl (C=O) groups is 1. The second-order valence-electron chi connectivity index (χ2n) is 4.08. The van der Waals surface area contributed by atoms with Crippen LogP contribution in [-0.4, -0.2) is 13.0 Å². The summed E-state index contributed by atoms with van der Waals surface area (Å²) in [5.74, 6) is -0.225. The third-order valence-electron chi connectivity index (χ3n) is 2.74. The third kappa shape index (κ3) is 3.00. The van der Waals surface area contributed by atoms with Crippen molar-refractivity contribution in [1.82, 2.24) is 0 Å². The zero-order chi connectivity index (χ0) is 14.0. The topological polar surface area (TPSA) is 46.3 Å². The van der Waals surface area contributed by atoms with E-state index in [4.69, 9.17) is 28.9 Å². The molecule has 0 aliphatic rings. The second kappa shape index (κ2) is 5.51. The molecule has 2 aromatic carbocycles. The summed E-state index contributed by atoms with van der Waals surface area (Å²) in [6, 6.07) is 11.8. The first-order valence-electron chi connectivity index (χ1n) is 5.57. The molecule has 0 aliphatic carbocycles. The fraction of sp³-hybridized carbons (Fsp3) is 0.0714. The number of benzene rings is 2. The molecule has 5 heteroatoms. The average Bonchev–Trinajstić information content (AvgIpc) is 2.41. The number of hydrogen-bond donors (Lipinski definition) is 1. The molecule has 2 aromatic rings. The van der Waals surface area contributed by atoms with Crippen LogP contribution < -0.4 is 10.6 Å². The molecule has 1 amide bonds. The molecule has 0 fully saturated rings. The first-order chi connectivity index (χ1) is 8.99. The summed E-state index contributed by atoms with van der Waals surface area (Å²) < 4.78 is 0. The van der Waals surface area contributed by atoms with Crippen molar-refractivity contribution in [2.24, 2.45) is 0 Å². The van der Waals surface area contributed by atoms with E-state index in [1.165, 1.54) is 4.90 Å². The summed E-state index contributed by atoms with van der Waals surface area (Å²) in [7, 11) is 1.67. The van der Waals surface area contributed by atoms with Crippen LogP contribution in [-0.2, 0) is 0 Å². The molecule has 0 atom stereocenters. The average molecular weight is 295 g/mol. The molecule has 0 heterocycles. The van der Waals surface area contributed by atoms with Crippen molar-refractivity contribution >= 4 is 40.5 Å². The van der Waals surface area contributed by atoms with Gasteiger partial charge in [0.15, 0.2) is 0 Å². The molecule has 0 unspecified atom stereocenters. The van der Waals surface area contributed by atoms with Gasteiger partial charge in [0.05, 0.1) is 10.6 Å². The summed E-state index contributed by atoms with van der Waals surface area (Å²) in [6.45, 7) is 0. The number of nitrogens with zero attached hydrogens (tertiary/aromatic N) is 1. The van der Waals surface area contributed by atoms with Crippen molar-refractivity contribution in [2.45, 2.75) is 0 Å². The van der Waals surface area contributed by atoms with Gasteiger partial charge in [-0.15, -0.1) is 0 Å². The number of amides is 1. The number of anilines is 2. The van der Waals surface area contributed by atoms with Crippen LogP contribution in [0.3, 0.4) is 0 Å². The first kappa shape index (κ1) is 13.7. The Bertz CT molecular complexity index is 611. The van der Waals surface area contributed by atoms with Crippen LogP contribution in [0.15, 0.2) is 42.5 Å². The van der Waals surface area contributed by atoms with Crippen molar-refractivity contribution in [3.8, 4) is 0 Å². The number of halogens is 2. The molecule has 3 nitrogen and oxygen atoms in total. The van der Waals surface area contributed by atoms with Crippen LogP contribution in [0.2, 0.25) is 10.0 Å². The Kier molecular flexibility index (Phi) is 3.98. The Labute approximate surface area is 121 Å². The van der Waals surface area contributed by atoms with Crippen LogP contribution in [0.5, 0.6) is 0 Å². The van der Waals surface area contributed by atoms with E-state index in [-0.39, 0.29) is 5.91 Å².